The second-order valence-corrected chi connectivity index (χ2v) is 6.79. The molecular formula is C18H19BrN4. The summed E-state index contributed by atoms with van der Waals surface area (Å²) in [5.74, 6) is 0. The SMILES string of the molecule is N#Cc1ccc(CN2CCN(Cc3cncc(Br)c3)CC2)cc1. The molecule has 5 heteroatoms. The van der Waals surface area contributed by atoms with Gasteiger partial charge in [0, 0.05) is 56.1 Å². The lowest BCUT2D eigenvalue weighted by molar-refractivity contribution is 0.122. The summed E-state index contributed by atoms with van der Waals surface area (Å²) in [5.41, 5.74) is 3.25. The Hall–Kier alpha value is -1.74. The molecule has 0 bridgehead atoms. The van der Waals surface area contributed by atoms with E-state index < -0.39 is 0 Å². The molecule has 0 saturated carbocycles. The maximum Gasteiger partial charge on any atom is 0.0991 e. The summed E-state index contributed by atoms with van der Waals surface area (Å²) in [6, 6.07) is 12.2. The van der Waals surface area contributed by atoms with Gasteiger partial charge in [0.15, 0.2) is 0 Å². The van der Waals surface area contributed by atoms with Crippen LogP contribution in [-0.4, -0.2) is 41.0 Å². The molecule has 1 saturated heterocycles. The van der Waals surface area contributed by atoms with Crippen LogP contribution in [0.25, 0.3) is 0 Å². The lowest BCUT2D eigenvalue weighted by Crippen LogP contribution is -2.45. The van der Waals surface area contributed by atoms with Gasteiger partial charge in [0.1, 0.15) is 0 Å². The highest BCUT2D eigenvalue weighted by Gasteiger charge is 2.17. The van der Waals surface area contributed by atoms with E-state index in [1.807, 2.05) is 24.5 Å². The maximum atomic E-state index is 8.84. The molecule has 4 nitrogen and oxygen atoms in total. The normalized spacial score (nSPS) is 16.2. The number of halogens is 1. The van der Waals surface area contributed by atoms with E-state index in [1.54, 1.807) is 0 Å². The Labute approximate surface area is 145 Å². The number of hydrogen-bond donors (Lipinski definition) is 0. The highest BCUT2D eigenvalue weighted by atomic mass is 79.9. The van der Waals surface area contributed by atoms with E-state index >= 15 is 0 Å². The minimum atomic E-state index is 0.723. The van der Waals surface area contributed by atoms with Crippen molar-refractivity contribution in [2.24, 2.45) is 0 Å². The van der Waals surface area contributed by atoms with Crippen LogP contribution in [0.4, 0.5) is 0 Å². The summed E-state index contributed by atoms with van der Waals surface area (Å²) in [6.45, 7) is 6.20. The van der Waals surface area contributed by atoms with E-state index in [4.69, 9.17) is 5.26 Å². The summed E-state index contributed by atoms with van der Waals surface area (Å²) in [4.78, 5) is 9.17. The van der Waals surface area contributed by atoms with Gasteiger partial charge in [0.2, 0.25) is 0 Å². The molecule has 1 aromatic heterocycles. The van der Waals surface area contributed by atoms with Crippen LogP contribution in [0.1, 0.15) is 16.7 Å². The number of pyridine rings is 1. The van der Waals surface area contributed by atoms with Gasteiger partial charge in [-0.25, -0.2) is 0 Å². The van der Waals surface area contributed by atoms with E-state index in [2.05, 4.69) is 55.0 Å². The number of aromatic nitrogens is 1. The monoisotopic (exact) mass is 370 g/mol. The number of piperazine rings is 1. The number of nitriles is 1. The van der Waals surface area contributed by atoms with Crippen molar-refractivity contribution in [3.63, 3.8) is 0 Å². The van der Waals surface area contributed by atoms with Crippen LogP contribution in [0.15, 0.2) is 47.2 Å². The zero-order chi connectivity index (χ0) is 16.1. The highest BCUT2D eigenvalue weighted by molar-refractivity contribution is 9.10. The lowest BCUT2D eigenvalue weighted by atomic mass is 10.1. The zero-order valence-electron chi connectivity index (χ0n) is 13.0. The largest absolute Gasteiger partial charge is 0.297 e. The van der Waals surface area contributed by atoms with E-state index in [9.17, 15) is 0 Å². The van der Waals surface area contributed by atoms with Gasteiger partial charge < -0.3 is 0 Å². The van der Waals surface area contributed by atoms with Gasteiger partial charge in [0.05, 0.1) is 11.6 Å². The fraction of sp³-hybridized carbons (Fsp3) is 0.333. The van der Waals surface area contributed by atoms with Crippen LogP contribution in [0.5, 0.6) is 0 Å². The molecule has 0 N–H and O–H groups in total. The Kier molecular flexibility index (Phi) is 5.39. The molecule has 1 aliphatic rings. The van der Waals surface area contributed by atoms with Crippen molar-refractivity contribution in [3.8, 4) is 6.07 Å². The smallest absolute Gasteiger partial charge is 0.0991 e. The molecule has 0 unspecified atom stereocenters. The first-order chi connectivity index (χ1) is 11.2. The van der Waals surface area contributed by atoms with Crippen molar-refractivity contribution in [1.82, 2.24) is 14.8 Å². The molecule has 0 aliphatic carbocycles. The minimum Gasteiger partial charge on any atom is -0.297 e. The van der Waals surface area contributed by atoms with Crippen molar-refractivity contribution in [3.05, 3.63) is 63.9 Å². The molecule has 23 heavy (non-hydrogen) atoms. The van der Waals surface area contributed by atoms with Crippen LogP contribution < -0.4 is 0 Å². The van der Waals surface area contributed by atoms with Gasteiger partial charge in [-0.15, -0.1) is 0 Å². The van der Waals surface area contributed by atoms with Crippen molar-refractivity contribution < 1.29 is 0 Å². The Bertz CT molecular complexity index is 685. The summed E-state index contributed by atoms with van der Waals surface area (Å²) in [5, 5.41) is 8.84. The molecule has 0 atom stereocenters. The highest BCUT2D eigenvalue weighted by Crippen LogP contribution is 2.14. The molecule has 2 heterocycles. The van der Waals surface area contributed by atoms with Crippen LogP contribution in [0.2, 0.25) is 0 Å². The molecule has 0 radical (unpaired) electrons. The third-order valence-electron chi connectivity index (χ3n) is 4.12. The molecule has 0 amide bonds. The molecule has 2 aromatic rings. The number of rotatable bonds is 4. The Morgan fingerprint density at radius 3 is 2.13 bits per heavy atom. The molecule has 1 fully saturated rings. The minimum absolute atomic E-state index is 0.723. The first kappa shape index (κ1) is 16.1. The Morgan fingerprint density at radius 1 is 0.957 bits per heavy atom. The van der Waals surface area contributed by atoms with Crippen LogP contribution >= 0.6 is 15.9 Å². The van der Waals surface area contributed by atoms with Crippen molar-refractivity contribution in [2.75, 3.05) is 26.2 Å². The lowest BCUT2D eigenvalue weighted by Gasteiger charge is -2.34. The molecule has 3 rings (SSSR count). The molecule has 1 aromatic carbocycles. The number of hydrogen-bond acceptors (Lipinski definition) is 4. The third-order valence-corrected chi connectivity index (χ3v) is 4.56. The van der Waals surface area contributed by atoms with Gasteiger partial charge in [0.25, 0.3) is 0 Å². The first-order valence-electron chi connectivity index (χ1n) is 7.76. The van der Waals surface area contributed by atoms with E-state index in [0.717, 1.165) is 49.3 Å². The quantitative estimate of drug-likeness (QED) is 0.829. The van der Waals surface area contributed by atoms with Crippen LogP contribution in [-0.2, 0) is 13.1 Å². The average Bonchev–Trinajstić information content (AvgIpc) is 2.57. The summed E-state index contributed by atoms with van der Waals surface area (Å²) in [7, 11) is 0. The van der Waals surface area contributed by atoms with E-state index in [0.29, 0.717) is 0 Å². The van der Waals surface area contributed by atoms with E-state index in [-0.39, 0.29) is 0 Å². The van der Waals surface area contributed by atoms with Crippen LogP contribution in [0, 0.1) is 11.3 Å². The second kappa shape index (κ2) is 7.69. The summed E-state index contributed by atoms with van der Waals surface area (Å²) < 4.78 is 1.04. The van der Waals surface area contributed by atoms with E-state index in [1.165, 1.54) is 11.1 Å². The molecule has 118 valence electrons. The Morgan fingerprint density at radius 2 is 1.57 bits per heavy atom. The van der Waals surface area contributed by atoms with Crippen LogP contribution in [0.3, 0.4) is 0 Å². The zero-order valence-corrected chi connectivity index (χ0v) is 14.5. The van der Waals surface area contributed by atoms with Gasteiger partial charge in [-0.3, -0.25) is 14.8 Å². The molecule has 1 aliphatic heterocycles. The molecule has 0 spiro atoms. The topological polar surface area (TPSA) is 43.2 Å². The second-order valence-electron chi connectivity index (χ2n) is 5.87. The average molecular weight is 371 g/mol. The predicted octanol–water partition coefficient (Wildman–Crippen LogP) is 3.03. The first-order valence-corrected chi connectivity index (χ1v) is 8.55. The predicted molar refractivity (Wildman–Crippen MR) is 93.6 cm³/mol. The summed E-state index contributed by atoms with van der Waals surface area (Å²) >= 11 is 3.47. The van der Waals surface area contributed by atoms with Crippen molar-refractivity contribution in [2.45, 2.75) is 13.1 Å². The van der Waals surface area contributed by atoms with Gasteiger partial charge in [-0.2, -0.15) is 5.26 Å². The maximum absolute atomic E-state index is 8.84. The standard InChI is InChI=1S/C18H19BrN4/c19-18-9-17(11-21-12-18)14-23-7-5-22(6-8-23)13-16-3-1-15(10-20)2-4-16/h1-4,9,11-12H,5-8,13-14H2. The number of benzene rings is 1. The Balaban J connectivity index is 1.49. The van der Waals surface area contributed by atoms with Crippen molar-refractivity contribution in [1.29, 1.82) is 5.26 Å². The fourth-order valence-corrected chi connectivity index (χ4v) is 3.26. The fourth-order valence-electron chi connectivity index (χ4n) is 2.85. The van der Waals surface area contributed by atoms with Crippen molar-refractivity contribution >= 4 is 15.9 Å². The van der Waals surface area contributed by atoms with Gasteiger partial charge in [-0.05, 0) is 45.3 Å². The third kappa shape index (κ3) is 4.61. The number of nitrogens with zero attached hydrogens (tertiary/aromatic N) is 4. The molecular weight excluding hydrogens is 352 g/mol. The summed E-state index contributed by atoms with van der Waals surface area (Å²) in [6.07, 6.45) is 3.76. The van der Waals surface area contributed by atoms with Gasteiger partial charge >= 0.3 is 0 Å². The van der Waals surface area contributed by atoms with Gasteiger partial charge in [-0.1, -0.05) is 12.1 Å².